The normalized spacial score (nSPS) is 17.7. The summed E-state index contributed by atoms with van der Waals surface area (Å²) in [5, 5.41) is 0. The minimum atomic E-state index is -4.94. The molecule has 0 radical (unpaired) electrons. The summed E-state index contributed by atoms with van der Waals surface area (Å²) in [6, 6.07) is 0. The lowest BCUT2D eigenvalue weighted by atomic mass is 10.9. The molecule has 0 fully saturated rings. The summed E-state index contributed by atoms with van der Waals surface area (Å²) in [6.07, 6.45) is 0. The lowest BCUT2D eigenvalue weighted by molar-refractivity contribution is 0.207. The van der Waals surface area contributed by atoms with Crippen molar-refractivity contribution in [3.05, 3.63) is 0 Å². The van der Waals surface area contributed by atoms with E-state index < -0.39 is 18.2 Å². The van der Waals surface area contributed by atoms with Crippen molar-refractivity contribution >= 4 is 18.2 Å². The average molecular weight is 206 g/mol. The van der Waals surface area contributed by atoms with Crippen LogP contribution in [0, 0.1) is 0 Å². The molecule has 9 heteroatoms. The van der Waals surface area contributed by atoms with Crippen molar-refractivity contribution in [2.24, 2.45) is 0 Å². The Bertz CT molecular complexity index is 254. The lowest BCUT2D eigenvalue weighted by Crippen LogP contribution is -2.03. The maximum atomic E-state index is 10.4. The Kier molecular flexibility index (Phi) is 3.62. The third kappa shape index (κ3) is 6.42. The number of rotatable bonds is 4. The number of hydrogen-bond acceptors (Lipinski definition) is 5. The van der Waals surface area contributed by atoms with Crippen LogP contribution < -0.4 is 0 Å². The van der Waals surface area contributed by atoms with Crippen molar-refractivity contribution in [2.75, 3.05) is 6.61 Å². The van der Waals surface area contributed by atoms with Gasteiger partial charge in [0, 0.05) is 0 Å². The van der Waals surface area contributed by atoms with Crippen LogP contribution in [-0.2, 0) is 23.5 Å². The zero-order chi connectivity index (χ0) is 9.12. The second-order valence-electron chi connectivity index (χ2n) is 1.39. The molecular formula is C2H7O7PS. The van der Waals surface area contributed by atoms with Crippen LogP contribution in [0.5, 0.6) is 0 Å². The van der Waals surface area contributed by atoms with Gasteiger partial charge in [0.05, 0.1) is 6.61 Å². The molecule has 11 heavy (non-hydrogen) atoms. The van der Waals surface area contributed by atoms with Gasteiger partial charge in [0.25, 0.3) is 0 Å². The van der Waals surface area contributed by atoms with E-state index in [0.717, 1.165) is 0 Å². The second-order valence-corrected chi connectivity index (χ2v) is 4.04. The molecule has 0 aliphatic carbocycles. The van der Waals surface area contributed by atoms with Gasteiger partial charge >= 0.3 is 18.2 Å². The van der Waals surface area contributed by atoms with Crippen LogP contribution in [0.4, 0.5) is 0 Å². The molecule has 7 nitrogen and oxygen atoms in total. The average Bonchev–Trinajstić information content (AvgIpc) is 1.55. The van der Waals surface area contributed by atoms with Gasteiger partial charge in [-0.2, -0.15) is 8.42 Å². The van der Waals surface area contributed by atoms with E-state index in [-0.39, 0.29) is 6.61 Å². The second kappa shape index (κ2) is 3.61. The highest BCUT2D eigenvalue weighted by Crippen LogP contribution is 2.44. The summed E-state index contributed by atoms with van der Waals surface area (Å²) in [5.74, 6) is 0. The summed E-state index contributed by atoms with van der Waals surface area (Å²) in [5.41, 5.74) is 0. The van der Waals surface area contributed by atoms with Crippen molar-refractivity contribution in [1.29, 1.82) is 0 Å². The summed E-state index contributed by atoms with van der Waals surface area (Å²) in [7, 11) is -9.59. The molecular weight excluding hydrogens is 199 g/mol. The van der Waals surface area contributed by atoms with Crippen LogP contribution in [0.1, 0.15) is 6.92 Å². The van der Waals surface area contributed by atoms with Crippen LogP contribution in [0.3, 0.4) is 0 Å². The molecule has 0 amide bonds. The van der Waals surface area contributed by atoms with Crippen molar-refractivity contribution in [2.45, 2.75) is 6.92 Å². The summed E-state index contributed by atoms with van der Waals surface area (Å²) >= 11 is 0. The van der Waals surface area contributed by atoms with Crippen LogP contribution >= 0.6 is 7.82 Å². The largest absolute Gasteiger partial charge is 0.488 e. The van der Waals surface area contributed by atoms with Crippen molar-refractivity contribution in [3.8, 4) is 0 Å². The fraction of sp³-hybridized carbons (Fsp3) is 1.00. The number of hydrogen-bond donors (Lipinski definition) is 2. The van der Waals surface area contributed by atoms with Gasteiger partial charge in [-0.25, -0.2) is 4.57 Å². The standard InChI is InChI=1S/C2H7O7PS/c1-2-8-10(3,4)9-11(5,6)7/h2H2,1H3,(H,3,4)(H,5,6,7). The van der Waals surface area contributed by atoms with E-state index >= 15 is 0 Å². The van der Waals surface area contributed by atoms with Crippen molar-refractivity contribution in [1.82, 2.24) is 0 Å². The van der Waals surface area contributed by atoms with E-state index in [9.17, 15) is 13.0 Å². The minimum absolute atomic E-state index is 0.205. The maximum absolute atomic E-state index is 10.4. The van der Waals surface area contributed by atoms with Gasteiger partial charge in [-0.15, -0.1) is 3.97 Å². The van der Waals surface area contributed by atoms with E-state index in [4.69, 9.17) is 9.45 Å². The number of phosphoric ester groups is 1. The molecule has 0 heterocycles. The Balaban J connectivity index is 4.26. The van der Waals surface area contributed by atoms with E-state index in [2.05, 4.69) is 8.49 Å². The first-order chi connectivity index (χ1) is 4.77. The molecule has 68 valence electrons. The molecule has 0 bridgehead atoms. The van der Waals surface area contributed by atoms with E-state index in [1.807, 2.05) is 0 Å². The van der Waals surface area contributed by atoms with E-state index in [0.29, 0.717) is 0 Å². The lowest BCUT2D eigenvalue weighted by Gasteiger charge is -2.06. The molecule has 0 saturated heterocycles. The zero-order valence-electron chi connectivity index (χ0n) is 5.50. The first-order valence-corrected chi connectivity index (χ1v) is 5.29. The minimum Gasteiger partial charge on any atom is -0.302 e. The molecule has 0 aliphatic heterocycles. The van der Waals surface area contributed by atoms with Gasteiger partial charge in [-0.1, -0.05) is 0 Å². The molecule has 0 saturated carbocycles. The third-order valence-electron chi connectivity index (χ3n) is 0.481. The van der Waals surface area contributed by atoms with E-state index in [1.54, 1.807) is 0 Å². The fourth-order valence-electron chi connectivity index (χ4n) is 0.304. The molecule has 1 atom stereocenters. The highest BCUT2D eigenvalue weighted by molar-refractivity contribution is 7.85. The SMILES string of the molecule is CCOP(=O)(O)OS(=O)(=O)O. The Morgan fingerprint density at radius 1 is 1.55 bits per heavy atom. The fourth-order valence-corrected chi connectivity index (χ4v) is 1.75. The molecule has 0 rings (SSSR count). The first-order valence-electron chi connectivity index (χ1n) is 2.43. The highest BCUT2D eigenvalue weighted by Gasteiger charge is 2.27. The Hall–Kier alpha value is 0.0200. The molecule has 0 aromatic rings. The molecule has 0 aliphatic rings. The Morgan fingerprint density at radius 3 is 2.27 bits per heavy atom. The third-order valence-corrected chi connectivity index (χ3v) is 2.57. The van der Waals surface area contributed by atoms with Crippen LogP contribution in [0.25, 0.3) is 0 Å². The topological polar surface area (TPSA) is 110 Å². The first kappa shape index (κ1) is 11.0. The van der Waals surface area contributed by atoms with Crippen LogP contribution in [-0.4, -0.2) is 24.5 Å². The van der Waals surface area contributed by atoms with Crippen molar-refractivity contribution in [3.63, 3.8) is 0 Å². The van der Waals surface area contributed by atoms with Gasteiger partial charge in [0.1, 0.15) is 0 Å². The smallest absolute Gasteiger partial charge is 0.302 e. The van der Waals surface area contributed by atoms with Crippen LogP contribution in [0.15, 0.2) is 0 Å². The Labute approximate surface area is 63.5 Å². The molecule has 0 aromatic carbocycles. The quantitative estimate of drug-likeness (QED) is 0.489. The summed E-state index contributed by atoms with van der Waals surface area (Å²) < 4.78 is 45.2. The molecule has 0 spiro atoms. The molecule has 1 unspecified atom stereocenters. The zero-order valence-corrected chi connectivity index (χ0v) is 7.21. The maximum Gasteiger partial charge on any atom is 0.488 e. The monoisotopic (exact) mass is 206 g/mol. The van der Waals surface area contributed by atoms with Crippen molar-refractivity contribution < 1.29 is 30.9 Å². The Morgan fingerprint density at radius 2 is 2.00 bits per heavy atom. The van der Waals surface area contributed by atoms with Gasteiger partial charge in [0.2, 0.25) is 0 Å². The van der Waals surface area contributed by atoms with E-state index in [1.165, 1.54) is 6.92 Å². The van der Waals surface area contributed by atoms with Gasteiger partial charge < -0.3 is 4.89 Å². The van der Waals surface area contributed by atoms with Crippen LogP contribution in [0.2, 0.25) is 0 Å². The van der Waals surface area contributed by atoms with Gasteiger partial charge in [0.15, 0.2) is 0 Å². The molecule has 0 aromatic heterocycles. The predicted octanol–water partition coefficient (Wildman–Crippen LogP) is -0.0573. The summed E-state index contributed by atoms with van der Waals surface area (Å²) in [4.78, 5) is 8.42. The predicted molar refractivity (Wildman–Crippen MR) is 34.1 cm³/mol. The number of phosphoric acid groups is 1. The highest BCUT2D eigenvalue weighted by atomic mass is 32.3. The van der Waals surface area contributed by atoms with Gasteiger partial charge in [-0.05, 0) is 6.92 Å². The summed E-state index contributed by atoms with van der Waals surface area (Å²) in [6.45, 7) is 1.15. The molecule has 2 N–H and O–H groups in total. The van der Waals surface area contributed by atoms with Gasteiger partial charge in [-0.3, -0.25) is 9.08 Å².